The highest BCUT2D eigenvalue weighted by atomic mass is 16.5. The number of nitriles is 1. The third kappa shape index (κ3) is 3.31. The molecule has 1 fully saturated rings. The maximum absolute atomic E-state index is 12.7. The monoisotopic (exact) mass is 351 g/mol. The van der Waals surface area contributed by atoms with Crippen molar-refractivity contribution in [2.75, 3.05) is 23.9 Å². The molecule has 26 heavy (non-hydrogen) atoms. The molecule has 1 atom stereocenters. The van der Waals surface area contributed by atoms with Crippen molar-refractivity contribution < 1.29 is 9.53 Å². The Bertz CT molecular complexity index is 848. The van der Waals surface area contributed by atoms with Crippen LogP contribution in [0.4, 0.5) is 11.8 Å². The van der Waals surface area contributed by atoms with Gasteiger partial charge < -0.3 is 10.1 Å². The number of aromatic nitrogens is 2. The molecule has 2 heterocycles. The van der Waals surface area contributed by atoms with E-state index in [0.29, 0.717) is 37.7 Å². The van der Waals surface area contributed by atoms with Gasteiger partial charge in [-0.1, -0.05) is 19.1 Å². The Morgan fingerprint density at radius 1 is 1.42 bits per heavy atom. The second-order valence-corrected chi connectivity index (χ2v) is 6.20. The van der Waals surface area contributed by atoms with Gasteiger partial charge in [0.1, 0.15) is 17.0 Å². The van der Waals surface area contributed by atoms with Gasteiger partial charge in [0.25, 0.3) is 0 Å². The minimum Gasteiger partial charge on any atom is -0.497 e. The molecule has 0 aliphatic carbocycles. The topological polar surface area (TPSA) is 91.1 Å². The molecular weight excluding hydrogens is 330 g/mol. The fraction of sp³-hybridized carbons (Fsp3) is 0.368. The third-order valence-corrected chi connectivity index (χ3v) is 4.74. The molecule has 0 saturated carbocycles. The van der Waals surface area contributed by atoms with E-state index in [1.54, 1.807) is 24.3 Å². The predicted octanol–water partition coefficient (Wildman–Crippen LogP) is 2.75. The average Bonchev–Trinajstić information content (AvgIpc) is 3.03. The van der Waals surface area contributed by atoms with Gasteiger partial charge in [-0.05, 0) is 36.6 Å². The quantitative estimate of drug-likeness (QED) is 0.860. The van der Waals surface area contributed by atoms with Crippen molar-refractivity contribution in [1.82, 2.24) is 9.97 Å². The fourth-order valence-corrected chi connectivity index (χ4v) is 3.05. The van der Waals surface area contributed by atoms with Crippen molar-refractivity contribution in [3.05, 3.63) is 42.1 Å². The summed E-state index contributed by atoms with van der Waals surface area (Å²) in [6.07, 6.45) is 2.64. The van der Waals surface area contributed by atoms with Crippen LogP contribution in [0, 0.1) is 16.7 Å². The van der Waals surface area contributed by atoms with E-state index in [-0.39, 0.29) is 5.91 Å². The van der Waals surface area contributed by atoms with Crippen molar-refractivity contribution >= 4 is 17.7 Å². The van der Waals surface area contributed by atoms with Gasteiger partial charge in [-0.2, -0.15) is 10.2 Å². The molecule has 0 spiro atoms. The molecule has 7 nitrogen and oxygen atoms in total. The number of rotatable bonds is 6. The van der Waals surface area contributed by atoms with E-state index < -0.39 is 5.41 Å². The maximum Gasteiger partial charge on any atom is 0.248 e. The van der Waals surface area contributed by atoms with Crippen molar-refractivity contribution in [2.45, 2.75) is 26.3 Å². The highest BCUT2D eigenvalue weighted by Crippen LogP contribution is 2.36. The van der Waals surface area contributed by atoms with Crippen LogP contribution in [-0.4, -0.2) is 29.5 Å². The zero-order chi connectivity index (χ0) is 18.6. The number of ether oxygens (including phenoxy) is 1. The molecule has 7 heteroatoms. The SMILES string of the molecule is CCC1(C#N)CCN(c2ccnc(NCc3cccc(OC)c3)n2)C1=O. The standard InChI is InChI=1S/C19H21N5O2/c1-3-19(13-20)8-10-24(17(19)25)16-7-9-21-18(23-16)22-12-14-5-4-6-15(11-14)26-2/h4-7,9,11H,3,8,10,12H2,1-2H3,(H,21,22,23). The Labute approximate surface area is 152 Å². The lowest BCUT2D eigenvalue weighted by atomic mass is 9.85. The van der Waals surface area contributed by atoms with Gasteiger partial charge >= 0.3 is 0 Å². The summed E-state index contributed by atoms with van der Waals surface area (Å²) in [7, 11) is 1.63. The summed E-state index contributed by atoms with van der Waals surface area (Å²) in [5.41, 5.74) is 0.101. The second kappa shape index (κ2) is 7.40. The van der Waals surface area contributed by atoms with Crippen LogP contribution < -0.4 is 15.0 Å². The smallest absolute Gasteiger partial charge is 0.248 e. The molecule has 134 valence electrons. The van der Waals surface area contributed by atoms with E-state index in [1.807, 2.05) is 31.2 Å². The summed E-state index contributed by atoms with van der Waals surface area (Å²) in [4.78, 5) is 22.9. The minimum atomic E-state index is -0.931. The number of methoxy groups -OCH3 is 1. The summed E-state index contributed by atoms with van der Waals surface area (Å²) in [5, 5.41) is 12.6. The molecule has 1 aliphatic rings. The lowest BCUT2D eigenvalue weighted by Gasteiger charge is -2.19. The van der Waals surface area contributed by atoms with Crippen LogP contribution in [0.5, 0.6) is 5.75 Å². The van der Waals surface area contributed by atoms with Gasteiger partial charge in [-0.15, -0.1) is 0 Å². The van der Waals surface area contributed by atoms with E-state index in [1.165, 1.54) is 0 Å². The minimum absolute atomic E-state index is 0.181. The molecule has 1 unspecified atom stereocenters. The van der Waals surface area contributed by atoms with Crippen LogP contribution in [0.1, 0.15) is 25.3 Å². The number of amides is 1. The van der Waals surface area contributed by atoms with Crippen LogP contribution in [0.25, 0.3) is 0 Å². The Morgan fingerprint density at radius 2 is 2.27 bits per heavy atom. The summed E-state index contributed by atoms with van der Waals surface area (Å²) in [5.74, 6) is 1.56. The first-order valence-electron chi connectivity index (χ1n) is 8.55. The van der Waals surface area contributed by atoms with E-state index in [2.05, 4.69) is 21.4 Å². The zero-order valence-corrected chi connectivity index (χ0v) is 14.9. The number of benzene rings is 1. The summed E-state index contributed by atoms with van der Waals surface area (Å²) >= 11 is 0. The van der Waals surface area contributed by atoms with Gasteiger partial charge in [0.15, 0.2) is 0 Å². The molecule has 0 bridgehead atoms. The van der Waals surface area contributed by atoms with Crippen LogP contribution in [0.15, 0.2) is 36.5 Å². The van der Waals surface area contributed by atoms with Crippen LogP contribution in [0.3, 0.4) is 0 Å². The average molecular weight is 351 g/mol. The maximum atomic E-state index is 12.7. The van der Waals surface area contributed by atoms with Crippen LogP contribution in [-0.2, 0) is 11.3 Å². The van der Waals surface area contributed by atoms with Gasteiger partial charge in [-0.3, -0.25) is 9.69 Å². The summed E-state index contributed by atoms with van der Waals surface area (Å²) < 4.78 is 5.22. The zero-order valence-electron chi connectivity index (χ0n) is 14.9. The predicted molar refractivity (Wildman–Crippen MR) is 97.7 cm³/mol. The lowest BCUT2D eigenvalue weighted by molar-refractivity contribution is -0.123. The largest absolute Gasteiger partial charge is 0.497 e. The second-order valence-electron chi connectivity index (χ2n) is 6.20. The Morgan fingerprint density at radius 3 is 2.96 bits per heavy atom. The van der Waals surface area contributed by atoms with E-state index in [4.69, 9.17) is 4.74 Å². The number of nitrogens with zero attached hydrogens (tertiary/aromatic N) is 4. The fourth-order valence-electron chi connectivity index (χ4n) is 3.05. The van der Waals surface area contributed by atoms with Crippen LogP contribution >= 0.6 is 0 Å². The third-order valence-electron chi connectivity index (χ3n) is 4.74. The van der Waals surface area contributed by atoms with E-state index >= 15 is 0 Å². The molecule has 1 aliphatic heterocycles. The number of nitrogens with one attached hydrogen (secondary N) is 1. The Hall–Kier alpha value is -3.14. The van der Waals surface area contributed by atoms with E-state index in [0.717, 1.165) is 11.3 Å². The first-order chi connectivity index (χ1) is 12.6. The number of anilines is 2. The first-order valence-corrected chi connectivity index (χ1v) is 8.55. The molecule has 1 N–H and O–H groups in total. The number of carbonyl (C=O) groups is 1. The summed E-state index contributed by atoms with van der Waals surface area (Å²) in [6, 6.07) is 11.6. The van der Waals surface area contributed by atoms with Gasteiger partial charge in [0.05, 0.1) is 13.2 Å². The van der Waals surface area contributed by atoms with Crippen LogP contribution in [0.2, 0.25) is 0 Å². The number of carbonyl (C=O) groups excluding carboxylic acids is 1. The normalized spacial score (nSPS) is 19.3. The van der Waals surface area contributed by atoms with Crippen molar-refractivity contribution in [3.63, 3.8) is 0 Å². The Kier molecular flexibility index (Phi) is 5.03. The Balaban J connectivity index is 1.73. The van der Waals surface area contributed by atoms with Gasteiger partial charge in [0.2, 0.25) is 11.9 Å². The molecule has 1 aromatic heterocycles. The van der Waals surface area contributed by atoms with E-state index in [9.17, 15) is 10.1 Å². The number of hydrogen-bond donors (Lipinski definition) is 1. The first kappa shape index (κ1) is 17.7. The van der Waals surface area contributed by atoms with Gasteiger partial charge in [0, 0.05) is 19.3 Å². The molecular formula is C19H21N5O2. The molecule has 3 rings (SSSR count). The molecule has 1 amide bonds. The lowest BCUT2D eigenvalue weighted by Crippen LogP contribution is -2.33. The van der Waals surface area contributed by atoms with Crippen molar-refractivity contribution in [1.29, 1.82) is 5.26 Å². The number of hydrogen-bond acceptors (Lipinski definition) is 6. The van der Waals surface area contributed by atoms with Crippen molar-refractivity contribution in [3.8, 4) is 11.8 Å². The highest BCUT2D eigenvalue weighted by Gasteiger charge is 2.46. The molecule has 1 aromatic carbocycles. The van der Waals surface area contributed by atoms with Crippen molar-refractivity contribution in [2.24, 2.45) is 5.41 Å². The van der Waals surface area contributed by atoms with Gasteiger partial charge in [-0.25, -0.2) is 4.98 Å². The summed E-state index contributed by atoms with van der Waals surface area (Å²) in [6.45, 7) is 2.89. The molecule has 0 radical (unpaired) electrons. The molecule has 2 aromatic rings. The highest BCUT2D eigenvalue weighted by molar-refractivity contribution is 6.01. The molecule has 1 saturated heterocycles.